The quantitative estimate of drug-likeness (QED) is 0.661. The molecule has 2 aliphatic carbocycles. The van der Waals surface area contributed by atoms with Crippen LogP contribution in [0.4, 0.5) is 0 Å². The molecular weight excluding hydrogens is 489 g/mol. The highest BCUT2D eigenvalue weighted by molar-refractivity contribution is 6.50. The van der Waals surface area contributed by atoms with E-state index in [1.807, 2.05) is 4.90 Å². The summed E-state index contributed by atoms with van der Waals surface area (Å²) in [4.78, 5) is 55.0. The van der Waals surface area contributed by atoms with E-state index in [9.17, 15) is 19.2 Å². The molecule has 0 radical (unpaired) electrons. The van der Waals surface area contributed by atoms with Gasteiger partial charge in [0.1, 0.15) is 21.5 Å². The van der Waals surface area contributed by atoms with Crippen LogP contribution in [-0.2, 0) is 0 Å². The highest BCUT2D eigenvalue weighted by Crippen LogP contribution is 2.31. The van der Waals surface area contributed by atoms with Crippen molar-refractivity contribution in [2.75, 3.05) is 39.3 Å². The minimum Gasteiger partial charge on any atom is -0.379 e. The summed E-state index contributed by atoms with van der Waals surface area (Å²) in [6.07, 6.45) is 0. The topological polar surface area (TPSA) is 86.8 Å². The van der Waals surface area contributed by atoms with Gasteiger partial charge in [0, 0.05) is 61.5 Å². The molecule has 9 heteroatoms. The third-order valence-electron chi connectivity index (χ3n) is 6.52. The van der Waals surface area contributed by atoms with E-state index in [1.54, 1.807) is 48.5 Å². The average molecular weight is 510 g/mol. The van der Waals surface area contributed by atoms with Gasteiger partial charge in [0.25, 0.3) is 0 Å². The fourth-order valence-corrected chi connectivity index (χ4v) is 5.21. The van der Waals surface area contributed by atoms with Crippen LogP contribution >= 0.6 is 23.2 Å². The summed E-state index contributed by atoms with van der Waals surface area (Å²) in [5, 5.41) is 2.91. The maximum Gasteiger partial charge on any atom is 0.211 e. The number of nitrogens with one attached hydrogen (secondary N) is 1. The Morgan fingerprint density at radius 1 is 0.657 bits per heavy atom. The fraction of sp³-hybridized carbons (Fsp3) is 0.231. The maximum absolute atomic E-state index is 13.0. The lowest BCUT2D eigenvalue weighted by Crippen LogP contribution is -2.49. The summed E-state index contributed by atoms with van der Waals surface area (Å²) in [7, 11) is 0. The van der Waals surface area contributed by atoms with Gasteiger partial charge < -0.3 is 10.2 Å². The van der Waals surface area contributed by atoms with Crippen LogP contribution in [0.15, 0.2) is 70.0 Å². The number of carbonyl (C=O) groups excluding carboxylic acids is 4. The van der Waals surface area contributed by atoms with Crippen molar-refractivity contribution < 1.29 is 19.2 Å². The molecule has 2 aromatic carbocycles. The van der Waals surface area contributed by atoms with Gasteiger partial charge in [-0.2, -0.15) is 0 Å². The summed E-state index contributed by atoms with van der Waals surface area (Å²) >= 11 is 12.5. The number of piperazine rings is 1. The molecule has 0 bridgehead atoms. The number of fused-ring (bicyclic) bond motifs is 2. The molecule has 0 amide bonds. The van der Waals surface area contributed by atoms with Crippen molar-refractivity contribution in [3.05, 3.63) is 92.2 Å². The van der Waals surface area contributed by atoms with Crippen molar-refractivity contribution in [1.82, 2.24) is 15.1 Å². The van der Waals surface area contributed by atoms with Crippen molar-refractivity contribution in [1.29, 1.82) is 0 Å². The second-order valence-corrected chi connectivity index (χ2v) is 9.27. The van der Waals surface area contributed by atoms with Gasteiger partial charge in [-0.05, 0) is 0 Å². The molecule has 0 aromatic heterocycles. The molecule has 1 N–H and O–H groups in total. The number of benzene rings is 2. The van der Waals surface area contributed by atoms with Crippen molar-refractivity contribution in [2.45, 2.75) is 0 Å². The number of rotatable bonds is 5. The Labute approximate surface area is 212 Å². The lowest BCUT2D eigenvalue weighted by Gasteiger charge is -2.38. The monoisotopic (exact) mass is 509 g/mol. The van der Waals surface area contributed by atoms with Crippen LogP contribution in [0.5, 0.6) is 0 Å². The first-order valence-electron chi connectivity index (χ1n) is 11.3. The van der Waals surface area contributed by atoms with Gasteiger partial charge in [0.05, 0.1) is 0 Å². The summed E-state index contributed by atoms with van der Waals surface area (Å²) in [5.41, 5.74) is 1.75. The molecule has 0 atom stereocenters. The molecule has 5 rings (SSSR count). The Kier molecular flexibility index (Phi) is 6.32. The van der Waals surface area contributed by atoms with E-state index in [0.29, 0.717) is 61.5 Å². The lowest BCUT2D eigenvalue weighted by atomic mass is 9.91. The van der Waals surface area contributed by atoms with Crippen molar-refractivity contribution in [3.8, 4) is 0 Å². The molecule has 1 saturated heterocycles. The van der Waals surface area contributed by atoms with E-state index in [1.165, 1.54) is 0 Å². The van der Waals surface area contributed by atoms with Crippen LogP contribution in [0.1, 0.15) is 41.4 Å². The summed E-state index contributed by atoms with van der Waals surface area (Å²) < 4.78 is 0. The molecule has 35 heavy (non-hydrogen) atoms. The highest BCUT2D eigenvalue weighted by Gasteiger charge is 2.35. The molecule has 2 aromatic rings. The molecule has 1 aliphatic heterocycles. The number of ketones is 4. The van der Waals surface area contributed by atoms with Crippen molar-refractivity contribution >= 4 is 46.3 Å². The fourth-order valence-electron chi connectivity index (χ4n) is 4.65. The predicted molar refractivity (Wildman–Crippen MR) is 132 cm³/mol. The van der Waals surface area contributed by atoms with E-state index < -0.39 is 0 Å². The van der Waals surface area contributed by atoms with Crippen molar-refractivity contribution in [3.63, 3.8) is 0 Å². The third kappa shape index (κ3) is 4.10. The van der Waals surface area contributed by atoms with Crippen LogP contribution in [0.2, 0.25) is 0 Å². The Bertz CT molecular complexity index is 1340. The Morgan fingerprint density at radius 2 is 1.14 bits per heavy atom. The van der Waals surface area contributed by atoms with Gasteiger partial charge in [-0.1, -0.05) is 71.7 Å². The number of carbonyl (C=O) groups is 4. The number of allylic oxidation sites excluding steroid dienone is 4. The first kappa shape index (κ1) is 23.5. The average Bonchev–Trinajstić information content (AvgIpc) is 2.89. The minimum absolute atomic E-state index is 0.0360. The zero-order chi connectivity index (χ0) is 24.7. The molecule has 178 valence electrons. The van der Waals surface area contributed by atoms with E-state index in [0.717, 1.165) is 0 Å². The second-order valence-electron chi connectivity index (χ2n) is 8.51. The molecule has 1 heterocycles. The summed E-state index contributed by atoms with van der Waals surface area (Å²) in [6, 6.07) is 13.3. The van der Waals surface area contributed by atoms with Crippen LogP contribution in [0, 0.1) is 0 Å². The van der Waals surface area contributed by atoms with E-state index in [-0.39, 0.29) is 44.6 Å². The normalized spacial score (nSPS) is 18.7. The van der Waals surface area contributed by atoms with Crippen LogP contribution < -0.4 is 5.32 Å². The van der Waals surface area contributed by atoms with Crippen LogP contribution in [0.3, 0.4) is 0 Å². The minimum atomic E-state index is -0.364. The van der Waals surface area contributed by atoms with E-state index >= 15 is 0 Å². The number of nitrogens with zero attached hydrogens (tertiary/aromatic N) is 2. The third-order valence-corrected chi connectivity index (χ3v) is 7.23. The molecule has 0 saturated carbocycles. The van der Waals surface area contributed by atoms with Crippen LogP contribution in [-0.4, -0.2) is 72.2 Å². The SMILES string of the molecule is O=C1C(Cl)=C(NCCN2CCN(C3=C(Cl)C(=O)c4ccccc4C3=O)CC2)C(=O)c2ccccc21. The van der Waals surface area contributed by atoms with Gasteiger partial charge in [-0.3, -0.25) is 24.1 Å². The van der Waals surface area contributed by atoms with Gasteiger partial charge in [0.15, 0.2) is 0 Å². The largest absolute Gasteiger partial charge is 0.379 e. The van der Waals surface area contributed by atoms with Gasteiger partial charge in [-0.15, -0.1) is 0 Å². The first-order valence-corrected chi connectivity index (χ1v) is 12.0. The number of hydrogen-bond acceptors (Lipinski definition) is 7. The smallest absolute Gasteiger partial charge is 0.211 e. The summed E-state index contributed by atoms with van der Waals surface area (Å²) in [6.45, 7) is 3.36. The van der Waals surface area contributed by atoms with E-state index in [4.69, 9.17) is 23.2 Å². The number of halogens is 2. The molecule has 0 spiro atoms. The Hall–Kier alpha value is -3.26. The maximum atomic E-state index is 13.0. The number of hydrogen-bond donors (Lipinski definition) is 1. The number of Topliss-reactive ketones (excluding diaryl/α,β-unsaturated/α-hetero) is 4. The predicted octanol–water partition coefficient (Wildman–Crippen LogP) is 3.25. The highest BCUT2D eigenvalue weighted by atomic mass is 35.5. The van der Waals surface area contributed by atoms with Gasteiger partial charge in [-0.25, -0.2) is 0 Å². The standard InChI is InChI=1S/C26H21Cl2N3O4/c27-19-21(25(34)17-7-3-1-5-15(17)23(19)32)29-9-10-30-11-13-31(14-12-30)22-20(28)24(33)16-6-2-4-8-18(16)26(22)35/h1-8,29H,9-14H2. The molecule has 1 fully saturated rings. The Morgan fingerprint density at radius 3 is 1.71 bits per heavy atom. The van der Waals surface area contributed by atoms with Crippen molar-refractivity contribution in [2.24, 2.45) is 0 Å². The Balaban J connectivity index is 1.20. The zero-order valence-corrected chi connectivity index (χ0v) is 20.2. The van der Waals surface area contributed by atoms with Gasteiger partial charge in [0.2, 0.25) is 23.1 Å². The second kappa shape index (κ2) is 9.41. The summed E-state index contributed by atoms with van der Waals surface area (Å²) in [5.74, 6) is -1.22. The van der Waals surface area contributed by atoms with Crippen LogP contribution in [0.25, 0.3) is 0 Å². The zero-order valence-electron chi connectivity index (χ0n) is 18.6. The molecule has 0 unspecified atom stereocenters. The first-order chi connectivity index (χ1) is 16.9. The molecular formula is C26H21Cl2N3O4. The van der Waals surface area contributed by atoms with E-state index in [2.05, 4.69) is 10.2 Å². The lowest BCUT2D eigenvalue weighted by molar-refractivity contribution is 0.0911. The van der Waals surface area contributed by atoms with Gasteiger partial charge >= 0.3 is 0 Å². The molecule has 3 aliphatic rings. The molecule has 7 nitrogen and oxygen atoms in total.